The van der Waals surface area contributed by atoms with Crippen LogP contribution in [0.25, 0.3) is 0 Å². The van der Waals surface area contributed by atoms with E-state index < -0.39 is 16.1 Å². The van der Waals surface area contributed by atoms with E-state index >= 15 is 0 Å². The first-order valence-electron chi connectivity index (χ1n) is 7.87. The average Bonchev–Trinajstić information content (AvgIpc) is 2.54. The molecule has 0 saturated carbocycles. The smallest absolute Gasteiger partial charge is 0.243 e. The molecule has 1 heterocycles. The zero-order valence-corrected chi connectivity index (χ0v) is 15.1. The van der Waals surface area contributed by atoms with Gasteiger partial charge in [0, 0.05) is 18.8 Å². The Labute approximate surface area is 143 Å². The van der Waals surface area contributed by atoms with E-state index in [9.17, 15) is 13.2 Å². The topological polar surface area (TPSA) is 102 Å². The number of carbonyl (C=O) groups excluding carboxylic acids is 1. The maximum absolute atomic E-state index is 12.7. The molecule has 1 atom stereocenters. The molecule has 0 aromatic heterocycles. The summed E-state index contributed by atoms with van der Waals surface area (Å²) in [5, 5.41) is 2.69. The molecule has 1 saturated heterocycles. The Morgan fingerprint density at radius 1 is 1.29 bits per heavy atom. The molecule has 1 aliphatic heterocycles. The summed E-state index contributed by atoms with van der Waals surface area (Å²) in [7, 11) is -3.60. The van der Waals surface area contributed by atoms with Gasteiger partial charge in [0.1, 0.15) is 0 Å². The lowest BCUT2D eigenvalue weighted by Gasteiger charge is -2.27. The predicted octanol–water partition coefficient (Wildman–Crippen LogP) is 1.02. The van der Waals surface area contributed by atoms with Gasteiger partial charge in [-0.2, -0.15) is 4.31 Å². The van der Waals surface area contributed by atoms with Gasteiger partial charge in [0.2, 0.25) is 15.9 Å². The average molecular weight is 355 g/mol. The highest BCUT2D eigenvalue weighted by atomic mass is 32.2. The molecule has 2 rings (SSSR count). The molecule has 1 fully saturated rings. The Morgan fingerprint density at radius 3 is 2.50 bits per heavy atom. The second-order valence-corrected chi connectivity index (χ2v) is 8.82. The molecule has 0 unspecified atom stereocenters. The summed E-state index contributed by atoms with van der Waals surface area (Å²) >= 11 is 0. The van der Waals surface area contributed by atoms with Crippen LogP contribution in [0.2, 0.25) is 0 Å². The van der Waals surface area contributed by atoms with Crippen LogP contribution in [-0.2, 0) is 19.6 Å². The first-order chi connectivity index (χ1) is 11.1. The lowest BCUT2D eigenvalue weighted by Crippen LogP contribution is -2.45. The molecular formula is C16H25N3O4S. The zero-order valence-electron chi connectivity index (χ0n) is 14.3. The van der Waals surface area contributed by atoms with Gasteiger partial charge in [0.15, 0.2) is 0 Å². The van der Waals surface area contributed by atoms with E-state index in [1.807, 2.05) is 20.8 Å². The summed E-state index contributed by atoms with van der Waals surface area (Å²) in [5.41, 5.74) is 5.95. The van der Waals surface area contributed by atoms with Crippen LogP contribution in [0.3, 0.4) is 0 Å². The highest BCUT2D eigenvalue weighted by Crippen LogP contribution is 2.22. The number of ether oxygens (including phenoxy) is 1. The third kappa shape index (κ3) is 4.32. The predicted molar refractivity (Wildman–Crippen MR) is 92.1 cm³/mol. The van der Waals surface area contributed by atoms with Crippen LogP contribution in [0, 0.1) is 5.41 Å². The third-order valence-electron chi connectivity index (χ3n) is 3.92. The Morgan fingerprint density at radius 2 is 1.92 bits per heavy atom. The standard InChI is InChI=1S/C16H25N3O4S/c1-16(2,3)14(17)15(20)18-12-5-4-6-13(11-12)24(21,22)19-7-9-23-10-8-19/h4-6,11,14H,7-10,17H2,1-3H3,(H,18,20)/t14-/m1/s1. The second kappa shape index (κ2) is 7.18. The number of hydrogen-bond donors (Lipinski definition) is 2. The Hall–Kier alpha value is -1.48. The summed E-state index contributed by atoms with van der Waals surface area (Å²) in [6.07, 6.45) is 0. The van der Waals surface area contributed by atoms with Crippen molar-refractivity contribution < 1.29 is 17.9 Å². The van der Waals surface area contributed by atoms with Crippen molar-refractivity contribution in [2.24, 2.45) is 11.1 Å². The fraction of sp³-hybridized carbons (Fsp3) is 0.562. The second-order valence-electron chi connectivity index (χ2n) is 6.88. The first-order valence-corrected chi connectivity index (χ1v) is 9.31. The number of carbonyl (C=O) groups is 1. The summed E-state index contributed by atoms with van der Waals surface area (Å²) in [6, 6.07) is 5.52. The number of amides is 1. The van der Waals surface area contributed by atoms with Crippen molar-refractivity contribution in [1.82, 2.24) is 4.31 Å². The van der Waals surface area contributed by atoms with Gasteiger partial charge in [-0.25, -0.2) is 8.42 Å². The van der Waals surface area contributed by atoms with Crippen LogP contribution in [0.1, 0.15) is 20.8 Å². The van der Waals surface area contributed by atoms with Crippen LogP contribution in [0.4, 0.5) is 5.69 Å². The molecule has 0 spiro atoms. The molecule has 0 aliphatic carbocycles. The molecule has 8 heteroatoms. The number of nitrogens with two attached hydrogens (primary N) is 1. The molecule has 0 bridgehead atoms. The number of rotatable bonds is 4. The molecule has 3 N–H and O–H groups in total. The normalized spacial score (nSPS) is 18.2. The molecule has 24 heavy (non-hydrogen) atoms. The molecule has 1 aromatic rings. The molecular weight excluding hydrogens is 330 g/mol. The minimum Gasteiger partial charge on any atom is -0.379 e. The Kier molecular flexibility index (Phi) is 5.64. The first kappa shape index (κ1) is 18.9. The van der Waals surface area contributed by atoms with E-state index in [1.165, 1.54) is 16.4 Å². The van der Waals surface area contributed by atoms with Crippen molar-refractivity contribution in [1.29, 1.82) is 0 Å². The van der Waals surface area contributed by atoms with Crippen LogP contribution in [0.5, 0.6) is 0 Å². The maximum atomic E-state index is 12.7. The van der Waals surface area contributed by atoms with Crippen molar-refractivity contribution >= 4 is 21.6 Å². The third-order valence-corrected chi connectivity index (χ3v) is 5.82. The van der Waals surface area contributed by atoms with Gasteiger partial charge in [-0.3, -0.25) is 4.79 Å². The molecule has 1 amide bonds. The van der Waals surface area contributed by atoms with Crippen molar-refractivity contribution in [3.8, 4) is 0 Å². The quantitative estimate of drug-likeness (QED) is 0.839. The van der Waals surface area contributed by atoms with E-state index in [4.69, 9.17) is 10.5 Å². The maximum Gasteiger partial charge on any atom is 0.243 e. The summed E-state index contributed by atoms with van der Waals surface area (Å²) in [6.45, 7) is 7.04. The number of hydrogen-bond acceptors (Lipinski definition) is 5. The van der Waals surface area contributed by atoms with Gasteiger partial charge in [0.05, 0.1) is 24.2 Å². The van der Waals surface area contributed by atoms with Gasteiger partial charge in [0.25, 0.3) is 0 Å². The fourth-order valence-electron chi connectivity index (χ4n) is 2.28. The highest BCUT2D eigenvalue weighted by molar-refractivity contribution is 7.89. The van der Waals surface area contributed by atoms with E-state index in [0.29, 0.717) is 32.0 Å². The van der Waals surface area contributed by atoms with Crippen LogP contribution >= 0.6 is 0 Å². The number of morpholine rings is 1. The minimum absolute atomic E-state index is 0.145. The molecule has 1 aromatic carbocycles. The SMILES string of the molecule is CC(C)(C)[C@H](N)C(=O)Nc1cccc(S(=O)(=O)N2CCOCC2)c1. The molecule has 134 valence electrons. The monoisotopic (exact) mass is 355 g/mol. The largest absolute Gasteiger partial charge is 0.379 e. The highest BCUT2D eigenvalue weighted by Gasteiger charge is 2.29. The van der Waals surface area contributed by atoms with Crippen LogP contribution < -0.4 is 11.1 Å². The van der Waals surface area contributed by atoms with Crippen molar-refractivity contribution in [2.75, 3.05) is 31.6 Å². The number of sulfonamides is 1. The number of anilines is 1. The van der Waals surface area contributed by atoms with Gasteiger partial charge < -0.3 is 15.8 Å². The van der Waals surface area contributed by atoms with E-state index in [-0.39, 0.29) is 16.2 Å². The van der Waals surface area contributed by atoms with Crippen molar-refractivity contribution in [3.63, 3.8) is 0 Å². The summed E-state index contributed by atoms with van der Waals surface area (Å²) in [5.74, 6) is -0.344. The molecule has 7 nitrogen and oxygen atoms in total. The summed E-state index contributed by atoms with van der Waals surface area (Å²) in [4.78, 5) is 12.4. The zero-order chi connectivity index (χ0) is 18.0. The Bertz CT molecular complexity index is 692. The van der Waals surface area contributed by atoms with Crippen LogP contribution in [0.15, 0.2) is 29.2 Å². The number of benzene rings is 1. The lowest BCUT2D eigenvalue weighted by atomic mass is 9.87. The van der Waals surface area contributed by atoms with Gasteiger partial charge >= 0.3 is 0 Å². The van der Waals surface area contributed by atoms with Gasteiger partial charge in [-0.1, -0.05) is 26.8 Å². The fourth-order valence-corrected chi connectivity index (χ4v) is 3.74. The van der Waals surface area contributed by atoms with E-state index in [1.54, 1.807) is 12.1 Å². The van der Waals surface area contributed by atoms with Gasteiger partial charge in [-0.05, 0) is 23.6 Å². The van der Waals surface area contributed by atoms with Gasteiger partial charge in [-0.15, -0.1) is 0 Å². The molecule has 0 radical (unpaired) electrons. The Balaban J connectivity index is 2.18. The van der Waals surface area contributed by atoms with Crippen molar-refractivity contribution in [2.45, 2.75) is 31.7 Å². The number of nitrogens with zero attached hydrogens (tertiary/aromatic N) is 1. The molecule has 1 aliphatic rings. The minimum atomic E-state index is -3.60. The van der Waals surface area contributed by atoms with Crippen molar-refractivity contribution in [3.05, 3.63) is 24.3 Å². The lowest BCUT2D eigenvalue weighted by molar-refractivity contribution is -0.119. The van der Waals surface area contributed by atoms with E-state index in [0.717, 1.165) is 0 Å². The van der Waals surface area contributed by atoms with E-state index in [2.05, 4.69) is 5.32 Å². The summed E-state index contributed by atoms with van der Waals surface area (Å²) < 4.78 is 31.9. The van der Waals surface area contributed by atoms with Crippen LogP contribution in [-0.4, -0.2) is 51.0 Å². The number of nitrogens with one attached hydrogen (secondary N) is 1.